The number of hydrogen-bond acceptors (Lipinski definition) is 4. The Balaban J connectivity index is 2.56. The zero-order valence-electron chi connectivity index (χ0n) is 8.44. The van der Waals surface area contributed by atoms with E-state index in [4.69, 9.17) is 5.11 Å². The maximum Gasteiger partial charge on any atom is 0.387 e. The topological polar surface area (TPSA) is 53.8 Å². The fourth-order valence-electron chi connectivity index (χ4n) is 1.01. The van der Waals surface area contributed by atoms with E-state index in [0.717, 1.165) is 0 Å². The van der Waals surface area contributed by atoms with Gasteiger partial charge in [-0.3, -0.25) is 0 Å². The van der Waals surface area contributed by atoms with Gasteiger partial charge in [-0.1, -0.05) is 12.1 Å². The molecule has 0 saturated heterocycles. The number of aliphatic hydroxyl groups is 1. The molecule has 88 valence electrons. The molecule has 0 aliphatic rings. The van der Waals surface area contributed by atoms with Crippen LogP contribution in [0.2, 0.25) is 0 Å². The van der Waals surface area contributed by atoms with Crippen LogP contribution < -0.4 is 10.2 Å². The second-order valence-corrected chi connectivity index (χ2v) is 2.84. The van der Waals surface area contributed by atoms with Crippen molar-refractivity contribution in [3.63, 3.8) is 0 Å². The minimum absolute atomic E-state index is 0.0220. The zero-order chi connectivity index (χ0) is 11.8. The van der Waals surface area contributed by atoms with Crippen LogP contribution in [0.4, 0.5) is 8.78 Å². The van der Waals surface area contributed by atoms with Crippen LogP contribution >= 0.6 is 0 Å². The largest absolute Gasteiger partial charge is 0.435 e. The molecule has 0 aliphatic heterocycles. The van der Waals surface area contributed by atoms with Crippen molar-refractivity contribution in [2.24, 2.45) is 5.10 Å². The summed E-state index contributed by atoms with van der Waals surface area (Å²) >= 11 is 0. The molecule has 2 N–H and O–H groups in total. The van der Waals surface area contributed by atoms with Crippen molar-refractivity contribution in [1.29, 1.82) is 0 Å². The van der Waals surface area contributed by atoms with Crippen LogP contribution in [0, 0.1) is 0 Å². The van der Waals surface area contributed by atoms with E-state index < -0.39 is 6.61 Å². The van der Waals surface area contributed by atoms with Gasteiger partial charge in [-0.25, -0.2) is 0 Å². The fraction of sp³-hybridized carbons (Fsp3) is 0.300. The van der Waals surface area contributed by atoms with Gasteiger partial charge in [-0.15, -0.1) is 0 Å². The van der Waals surface area contributed by atoms with Gasteiger partial charge in [-0.2, -0.15) is 13.9 Å². The quantitative estimate of drug-likeness (QED) is 0.438. The van der Waals surface area contributed by atoms with E-state index in [1.54, 1.807) is 12.1 Å². The highest BCUT2D eigenvalue weighted by atomic mass is 19.3. The summed E-state index contributed by atoms with van der Waals surface area (Å²) in [4.78, 5) is 0. The van der Waals surface area contributed by atoms with Crippen LogP contribution in [0.1, 0.15) is 5.56 Å². The summed E-state index contributed by atoms with van der Waals surface area (Å²) in [5, 5.41) is 12.2. The van der Waals surface area contributed by atoms with Crippen molar-refractivity contribution < 1.29 is 18.6 Å². The molecule has 6 heteroatoms. The van der Waals surface area contributed by atoms with Crippen molar-refractivity contribution in [3.8, 4) is 5.75 Å². The second kappa shape index (κ2) is 6.73. The molecule has 4 nitrogen and oxygen atoms in total. The van der Waals surface area contributed by atoms with Gasteiger partial charge in [0.25, 0.3) is 0 Å². The van der Waals surface area contributed by atoms with E-state index in [-0.39, 0.29) is 12.4 Å². The summed E-state index contributed by atoms with van der Waals surface area (Å²) in [7, 11) is 0. The molecule has 0 aliphatic carbocycles. The van der Waals surface area contributed by atoms with Gasteiger partial charge in [0.15, 0.2) is 0 Å². The molecule has 0 bridgehead atoms. The number of ether oxygens (including phenoxy) is 1. The van der Waals surface area contributed by atoms with Crippen molar-refractivity contribution in [2.75, 3.05) is 13.2 Å². The molecule has 0 saturated carbocycles. The molecule has 0 radical (unpaired) electrons. The molecular formula is C10H12F2N2O2. The normalized spacial score (nSPS) is 11.0. The minimum Gasteiger partial charge on any atom is -0.435 e. The molecule has 0 heterocycles. The standard InChI is InChI=1S/C10H12F2N2O2/c11-10(12)16-9-3-1-2-8(6-9)7-14-13-4-5-15/h1-3,6-7,10,13,15H,4-5H2. The van der Waals surface area contributed by atoms with Gasteiger partial charge in [0.1, 0.15) is 5.75 Å². The maximum absolute atomic E-state index is 11.9. The smallest absolute Gasteiger partial charge is 0.387 e. The Labute approximate surface area is 91.5 Å². The van der Waals surface area contributed by atoms with Crippen molar-refractivity contribution >= 4 is 6.21 Å². The molecule has 0 spiro atoms. The Morgan fingerprint density at radius 1 is 1.50 bits per heavy atom. The number of nitrogens with one attached hydrogen (secondary N) is 1. The average Bonchev–Trinajstić information content (AvgIpc) is 2.24. The first-order valence-electron chi connectivity index (χ1n) is 4.64. The predicted octanol–water partition coefficient (Wildman–Crippen LogP) is 1.20. The SMILES string of the molecule is OCCNN=Cc1cccc(OC(F)F)c1. The highest BCUT2D eigenvalue weighted by Gasteiger charge is 2.03. The summed E-state index contributed by atoms with van der Waals surface area (Å²) in [6, 6.07) is 6.16. The highest BCUT2D eigenvalue weighted by molar-refractivity contribution is 5.79. The monoisotopic (exact) mass is 230 g/mol. The minimum atomic E-state index is -2.83. The van der Waals surface area contributed by atoms with E-state index >= 15 is 0 Å². The van der Waals surface area contributed by atoms with Gasteiger partial charge in [0.2, 0.25) is 0 Å². The second-order valence-electron chi connectivity index (χ2n) is 2.84. The lowest BCUT2D eigenvalue weighted by molar-refractivity contribution is -0.0498. The third kappa shape index (κ3) is 4.70. The lowest BCUT2D eigenvalue weighted by Gasteiger charge is -2.04. The Bertz CT molecular complexity index is 345. The van der Waals surface area contributed by atoms with Gasteiger partial charge in [-0.05, 0) is 17.7 Å². The van der Waals surface area contributed by atoms with Gasteiger partial charge in [0.05, 0.1) is 19.4 Å². The van der Waals surface area contributed by atoms with E-state index in [1.165, 1.54) is 18.3 Å². The predicted molar refractivity (Wildman–Crippen MR) is 55.8 cm³/mol. The summed E-state index contributed by atoms with van der Waals surface area (Å²) in [6.07, 6.45) is 1.45. The van der Waals surface area contributed by atoms with Crippen LogP contribution in [0.5, 0.6) is 5.75 Å². The fourth-order valence-corrected chi connectivity index (χ4v) is 1.01. The van der Waals surface area contributed by atoms with Crippen LogP contribution in [0.15, 0.2) is 29.4 Å². The maximum atomic E-state index is 11.9. The van der Waals surface area contributed by atoms with Crippen LogP contribution in [-0.4, -0.2) is 31.1 Å². The number of hydrazone groups is 1. The van der Waals surface area contributed by atoms with Crippen molar-refractivity contribution in [2.45, 2.75) is 6.61 Å². The molecule has 1 rings (SSSR count). The van der Waals surface area contributed by atoms with E-state index in [1.807, 2.05) is 0 Å². The van der Waals surface area contributed by atoms with Gasteiger partial charge < -0.3 is 15.3 Å². The van der Waals surface area contributed by atoms with E-state index in [2.05, 4.69) is 15.3 Å². The van der Waals surface area contributed by atoms with Crippen LogP contribution in [0.3, 0.4) is 0 Å². The van der Waals surface area contributed by atoms with Gasteiger partial charge in [0, 0.05) is 0 Å². The lowest BCUT2D eigenvalue weighted by atomic mass is 10.2. The Morgan fingerprint density at radius 2 is 2.31 bits per heavy atom. The molecule has 1 aromatic carbocycles. The number of benzene rings is 1. The van der Waals surface area contributed by atoms with E-state index in [9.17, 15) is 8.78 Å². The van der Waals surface area contributed by atoms with Crippen LogP contribution in [0.25, 0.3) is 0 Å². The lowest BCUT2D eigenvalue weighted by Crippen LogP contribution is -2.11. The zero-order valence-corrected chi connectivity index (χ0v) is 8.44. The molecule has 0 fully saturated rings. The Hall–Kier alpha value is -1.69. The third-order valence-corrected chi connectivity index (χ3v) is 1.61. The number of halogens is 2. The first kappa shape index (κ1) is 12.4. The number of aliphatic hydroxyl groups excluding tert-OH is 1. The highest BCUT2D eigenvalue weighted by Crippen LogP contribution is 2.14. The van der Waals surface area contributed by atoms with E-state index in [0.29, 0.717) is 12.1 Å². The molecular weight excluding hydrogens is 218 g/mol. The molecule has 1 aromatic rings. The summed E-state index contributed by atoms with van der Waals surface area (Å²) in [5.74, 6) is 0.0844. The third-order valence-electron chi connectivity index (χ3n) is 1.61. The summed E-state index contributed by atoms with van der Waals surface area (Å²) in [6.45, 7) is -2.52. The molecule has 0 aromatic heterocycles. The number of alkyl halides is 2. The summed E-state index contributed by atoms with van der Waals surface area (Å²) in [5.41, 5.74) is 3.20. The van der Waals surface area contributed by atoms with Crippen molar-refractivity contribution in [1.82, 2.24) is 5.43 Å². The molecule has 0 amide bonds. The Kier molecular flexibility index (Phi) is 5.21. The number of nitrogens with zero attached hydrogens (tertiary/aromatic N) is 1. The first-order chi connectivity index (χ1) is 7.72. The van der Waals surface area contributed by atoms with Crippen LogP contribution in [-0.2, 0) is 0 Å². The number of rotatable bonds is 6. The van der Waals surface area contributed by atoms with Gasteiger partial charge >= 0.3 is 6.61 Å². The number of hydrogen-bond donors (Lipinski definition) is 2. The average molecular weight is 230 g/mol. The molecule has 0 atom stereocenters. The Morgan fingerprint density at radius 3 is 3.00 bits per heavy atom. The summed E-state index contributed by atoms with van der Waals surface area (Å²) < 4.78 is 28.0. The van der Waals surface area contributed by atoms with Crippen molar-refractivity contribution in [3.05, 3.63) is 29.8 Å². The molecule has 0 unspecified atom stereocenters. The first-order valence-corrected chi connectivity index (χ1v) is 4.64. The molecule has 16 heavy (non-hydrogen) atoms.